The van der Waals surface area contributed by atoms with Crippen LogP contribution in [0.4, 0.5) is 10.5 Å². The van der Waals surface area contributed by atoms with Crippen LogP contribution >= 0.6 is 0 Å². The van der Waals surface area contributed by atoms with Crippen molar-refractivity contribution in [1.82, 2.24) is 10.6 Å². The van der Waals surface area contributed by atoms with Gasteiger partial charge in [-0.2, -0.15) is 0 Å². The van der Waals surface area contributed by atoms with Gasteiger partial charge in [-0.05, 0) is 37.6 Å². The average Bonchev–Trinajstić information content (AvgIpc) is 2.87. The number of carbonyl (C=O) groups is 1. The highest BCUT2D eigenvalue weighted by molar-refractivity contribution is 5.67. The number of benzene rings is 1. The van der Waals surface area contributed by atoms with E-state index in [0.29, 0.717) is 0 Å². The molecule has 1 atom stereocenters. The number of alkyl carbamates (subject to hydrolysis) is 1. The van der Waals surface area contributed by atoms with E-state index in [9.17, 15) is 4.79 Å². The van der Waals surface area contributed by atoms with Crippen LogP contribution in [0.2, 0.25) is 0 Å². The summed E-state index contributed by atoms with van der Waals surface area (Å²) in [5, 5.41) is 6.03. The molecule has 0 aliphatic carbocycles. The SMILES string of the molecule is CNCc1ccc(N2CCC(NC(=O)OC)C2)c(C)c1. The molecule has 0 bridgehead atoms. The van der Waals surface area contributed by atoms with Gasteiger partial charge < -0.3 is 20.3 Å². The summed E-state index contributed by atoms with van der Waals surface area (Å²) in [6.07, 6.45) is 0.602. The van der Waals surface area contributed by atoms with E-state index in [1.54, 1.807) is 0 Å². The van der Waals surface area contributed by atoms with Crippen molar-refractivity contribution in [2.24, 2.45) is 0 Å². The molecule has 0 saturated carbocycles. The normalized spacial score (nSPS) is 18.1. The fourth-order valence-corrected chi connectivity index (χ4v) is 2.71. The summed E-state index contributed by atoms with van der Waals surface area (Å²) in [5.41, 5.74) is 3.81. The largest absolute Gasteiger partial charge is 0.453 e. The molecule has 1 saturated heterocycles. The Morgan fingerprint density at radius 1 is 1.50 bits per heavy atom. The molecule has 1 amide bonds. The molecule has 1 aromatic carbocycles. The predicted octanol–water partition coefficient (Wildman–Crippen LogP) is 1.65. The van der Waals surface area contributed by atoms with Gasteiger partial charge in [0.2, 0.25) is 0 Å². The highest BCUT2D eigenvalue weighted by Gasteiger charge is 2.25. The Kier molecular flexibility index (Phi) is 4.84. The van der Waals surface area contributed by atoms with Crippen LogP contribution in [0, 0.1) is 6.92 Å². The van der Waals surface area contributed by atoms with Crippen molar-refractivity contribution < 1.29 is 9.53 Å². The molecule has 5 nitrogen and oxygen atoms in total. The molecule has 110 valence electrons. The number of amides is 1. The molecule has 0 spiro atoms. The summed E-state index contributed by atoms with van der Waals surface area (Å²) in [6.45, 7) is 4.81. The first-order chi connectivity index (χ1) is 9.63. The number of nitrogens with one attached hydrogen (secondary N) is 2. The molecule has 2 N–H and O–H groups in total. The molecule has 0 radical (unpaired) electrons. The van der Waals surface area contributed by atoms with Crippen molar-refractivity contribution in [3.05, 3.63) is 29.3 Å². The van der Waals surface area contributed by atoms with E-state index in [4.69, 9.17) is 0 Å². The van der Waals surface area contributed by atoms with Crippen molar-refractivity contribution >= 4 is 11.8 Å². The number of carbonyl (C=O) groups excluding carboxylic acids is 1. The summed E-state index contributed by atoms with van der Waals surface area (Å²) in [7, 11) is 3.35. The molecule has 0 aromatic heterocycles. The predicted molar refractivity (Wildman–Crippen MR) is 80.1 cm³/mol. The van der Waals surface area contributed by atoms with E-state index in [0.717, 1.165) is 26.1 Å². The van der Waals surface area contributed by atoms with Gasteiger partial charge in [0.25, 0.3) is 0 Å². The Balaban J connectivity index is 2.01. The van der Waals surface area contributed by atoms with Crippen molar-refractivity contribution in [3.8, 4) is 0 Å². The van der Waals surface area contributed by atoms with Crippen LogP contribution in [0.1, 0.15) is 17.5 Å². The monoisotopic (exact) mass is 277 g/mol. The van der Waals surface area contributed by atoms with Gasteiger partial charge >= 0.3 is 6.09 Å². The number of rotatable bonds is 4. The quantitative estimate of drug-likeness (QED) is 0.878. The Labute approximate surface area is 120 Å². The van der Waals surface area contributed by atoms with E-state index in [1.165, 1.54) is 23.9 Å². The third kappa shape index (κ3) is 3.42. The minimum absolute atomic E-state index is 0.166. The van der Waals surface area contributed by atoms with Crippen LogP contribution < -0.4 is 15.5 Å². The molecule has 1 unspecified atom stereocenters. The molecular formula is C15H23N3O2. The van der Waals surface area contributed by atoms with Crippen molar-refractivity contribution in [3.63, 3.8) is 0 Å². The second-order valence-electron chi connectivity index (χ2n) is 5.22. The van der Waals surface area contributed by atoms with Crippen LogP contribution in [0.3, 0.4) is 0 Å². The lowest BCUT2D eigenvalue weighted by molar-refractivity contribution is 0.167. The molecule has 20 heavy (non-hydrogen) atoms. The maximum Gasteiger partial charge on any atom is 0.407 e. The van der Waals surface area contributed by atoms with E-state index in [1.807, 2.05) is 7.05 Å². The van der Waals surface area contributed by atoms with Gasteiger partial charge in [0, 0.05) is 25.3 Å². The molecule has 2 rings (SSSR count). The third-order valence-electron chi connectivity index (χ3n) is 3.68. The number of anilines is 1. The Morgan fingerprint density at radius 3 is 2.95 bits per heavy atom. The molecular weight excluding hydrogens is 254 g/mol. The molecule has 1 fully saturated rings. The number of aryl methyl sites for hydroxylation is 1. The first-order valence-electron chi connectivity index (χ1n) is 6.97. The van der Waals surface area contributed by atoms with Gasteiger partial charge in [0.15, 0.2) is 0 Å². The molecule has 5 heteroatoms. The second kappa shape index (κ2) is 6.61. The van der Waals surface area contributed by atoms with Crippen LogP contribution in [-0.2, 0) is 11.3 Å². The number of hydrogen-bond donors (Lipinski definition) is 2. The Morgan fingerprint density at radius 2 is 2.30 bits per heavy atom. The average molecular weight is 277 g/mol. The fraction of sp³-hybridized carbons (Fsp3) is 0.533. The molecule has 1 aliphatic heterocycles. The lowest BCUT2D eigenvalue weighted by atomic mass is 10.1. The number of nitrogens with zero attached hydrogens (tertiary/aromatic N) is 1. The minimum Gasteiger partial charge on any atom is -0.453 e. The fourth-order valence-electron chi connectivity index (χ4n) is 2.71. The maximum absolute atomic E-state index is 11.2. The van der Waals surface area contributed by atoms with Gasteiger partial charge in [0.1, 0.15) is 0 Å². The number of methoxy groups -OCH3 is 1. The first kappa shape index (κ1) is 14.7. The third-order valence-corrected chi connectivity index (χ3v) is 3.68. The summed E-state index contributed by atoms with van der Waals surface area (Å²) in [5.74, 6) is 0. The smallest absolute Gasteiger partial charge is 0.407 e. The zero-order valence-corrected chi connectivity index (χ0v) is 12.4. The lowest BCUT2D eigenvalue weighted by Crippen LogP contribution is -2.37. The van der Waals surface area contributed by atoms with Crippen LogP contribution in [0.25, 0.3) is 0 Å². The van der Waals surface area contributed by atoms with Gasteiger partial charge in [-0.15, -0.1) is 0 Å². The highest BCUT2D eigenvalue weighted by Crippen LogP contribution is 2.25. The summed E-state index contributed by atoms with van der Waals surface area (Å²) in [4.78, 5) is 13.6. The maximum atomic E-state index is 11.2. The van der Waals surface area contributed by atoms with E-state index >= 15 is 0 Å². The topological polar surface area (TPSA) is 53.6 Å². The van der Waals surface area contributed by atoms with Gasteiger partial charge in [0.05, 0.1) is 13.2 Å². The van der Waals surface area contributed by atoms with Crippen LogP contribution in [0.5, 0.6) is 0 Å². The van der Waals surface area contributed by atoms with Gasteiger partial charge in [-0.3, -0.25) is 0 Å². The first-order valence-corrected chi connectivity index (χ1v) is 6.97. The van der Waals surface area contributed by atoms with Crippen molar-refractivity contribution in [1.29, 1.82) is 0 Å². The number of hydrogen-bond acceptors (Lipinski definition) is 4. The van der Waals surface area contributed by atoms with Gasteiger partial charge in [-0.25, -0.2) is 4.79 Å². The Bertz CT molecular complexity index is 476. The van der Waals surface area contributed by atoms with Crippen LogP contribution in [0.15, 0.2) is 18.2 Å². The van der Waals surface area contributed by atoms with Crippen LogP contribution in [-0.4, -0.2) is 39.4 Å². The lowest BCUT2D eigenvalue weighted by Gasteiger charge is -2.21. The highest BCUT2D eigenvalue weighted by atomic mass is 16.5. The molecule has 1 aromatic rings. The van der Waals surface area contributed by atoms with E-state index in [2.05, 4.69) is 45.4 Å². The zero-order chi connectivity index (χ0) is 14.5. The zero-order valence-electron chi connectivity index (χ0n) is 12.4. The summed E-state index contributed by atoms with van der Waals surface area (Å²) < 4.78 is 4.64. The van der Waals surface area contributed by atoms with Crippen molar-refractivity contribution in [2.45, 2.75) is 25.9 Å². The van der Waals surface area contributed by atoms with E-state index in [-0.39, 0.29) is 12.1 Å². The van der Waals surface area contributed by atoms with Gasteiger partial charge in [-0.1, -0.05) is 12.1 Å². The second-order valence-corrected chi connectivity index (χ2v) is 5.22. The summed E-state index contributed by atoms with van der Waals surface area (Å²) in [6, 6.07) is 6.70. The molecule has 1 heterocycles. The standard InChI is InChI=1S/C15H23N3O2/c1-11-8-12(9-16-2)4-5-14(11)18-7-6-13(10-18)17-15(19)20-3/h4-5,8,13,16H,6-7,9-10H2,1-3H3,(H,17,19). The minimum atomic E-state index is -0.349. The van der Waals surface area contributed by atoms with Crippen molar-refractivity contribution in [2.75, 3.05) is 32.1 Å². The Hall–Kier alpha value is -1.75. The molecule has 1 aliphatic rings. The van der Waals surface area contributed by atoms with E-state index < -0.39 is 0 Å². The number of ether oxygens (including phenoxy) is 1. The summed E-state index contributed by atoms with van der Waals surface area (Å²) >= 11 is 0.